The topological polar surface area (TPSA) is 3.24 Å². The average molecular weight is 227 g/mol. The first-order chi connectivity index (χ1) is 7.66. The molecule has 0 fully saturated rings. The molecule has 0 heterocycles. The molecule has 0 unspecified atom stereocenters. The second-order valence-electron chi connectivity index (χ2n) is 4.23. The summed E-state index contributed by atoms with van der Waals surface area (Å²) in [5.41, 5.74) is 5.02. The Morgan fingerprint density at radius 2 is 0.941 bits per heavy atom. The van der Waals surface area contributed by atoms with Gasteiger partial charge in [0.15, 0.2) is 0 Å². The van der Waals surface area contributed by atoms with E-state index in [-0.39, 0.29) is 7.43 Å². The van der Waals surface area contributed by atoms with Gasteiger partial charge in [-0.15, -0.1) is 0 Å². The van der Waals surface area contributed by atoms with Gasteiger partial charge in [-0.25, -0.2) is 0 Å². The Hall–Kier alpha value is -1.76. The van der Waals surface area contributed by atoms with Crippen molar-refractivity contribution in [2.24, 2.45) is 0 Å². The maximum Gasteiger partial charge on any atom is 0.0408 e. The first-order valence-electron chi connectivity index (χ1n) is 5.54. The van der Waals surface area contributed by atoms with Crippen molar-refractivity contribution in [3.63, 3.8) is 0 Å². The van der Waals surface area contributed by atoms with Crippen LogP contribution in [0.4, 0.5) is 11.4 Å². The maximum absolute atomic E-state index is 2.19. The molecule has 0 aromatic heterocycles. The van der Waals surface area contributed by atoms with E-state index in [0.29, 0.717) is 0 Å². The maximum atomic E-state index is 2.19. The molecule has 17 heavy (non-hydrogen) atoms. The standard InChI is InChI=1S/C15H17N.CH4/c1-12-4-8-14(9-5-12)16(3)15-10-6-13(2)7-11-15;/h4-11H,1-3H3;1H4. The molecule has 2 aromatic rings. The molecule has 2 aromatic carbocycles. The highest BCUT2D eigenvalue weighted by atomic mass is 15.1. The van der Waals surface area contributed by atoms with E-state index < -0.39 is 0 Å². The molecule has 0 amide bonds. The molecule has 0 atom stereocenters. The van der Waals surface area contributed by atoms with E-state index in [0.717, 1.165) is 0 Å². The van der Waals surface area contributed by atoms with Crippen molar-refractivity contribution in [1.29, 1.82) is 0 Å². The number of anilines is 2. The van der Waals surface area contributed by atoms with Gasteiger partial charge in [-0.3, -0.25) is 0 Å². The van der Waals surface area contributed by atoms with Crippen molar-refractivity contribution in [3.05, 3.63) is 59.7 Å². The van der Waals surface area contributed by atoms with Crippen LogP contribution in [0.3, 0.4) is 0 Å². The van der Waals surface area contributed by atoms with E-state index in [1.807, 2.05) is 0 Å². The summed E-state index contributed by atoms with van der Waals surface area (Å²) in [5.74, 6) is 0. The molecular formula is C16H21N. The van der Waals surface area contributed by atoms with Gasteiger partial charge in [-0.05, 0) is 38.1 Å². The van der Waals surface area contributed by atoms with Gasteiger partial charge >= 0.3 is 0 Å². The van der Waals surface area contributed by atoms with E-state index in [1.54, 1.807) is 0 Å². The molecule has 90 valence electrons. The Labute approximate surface area is 105 Å². The third kappa shape index (κ3) is 3.10. The second kappa shape index (κ2) is 5.53. The molecule has 0 aliphatic carbocycles. The summed E-state index contributed by atoms with van der Waals surface area (Å²) in [6.45, 7) is 4.21. The number of nitrogens with zero attached hydrogens (tertiary/aromatic N) is 1. The molecule has 0 saturated carbocycles. The summed E-state index contributed by atoms with van der Waals surface area (Å²) in [5, 5.41) is 0. The average Bonchev–Trinajstić information content (AvgIpc) is 2.30. The summed E-state index contributed by atoms with van der Waals surface area (Å²) in [4.78, 5) is 2.19. The fourth-order valence-corrected chi connectivity index (χ4v) is 1.69. The minimum Gasteiger partial charge on any atom is -0.345 e. The van der Waals surface area contributed by atoms with Crippen LogP contribution in [-0.2, 0) is 0 Å². The Morgan fingerprint density at radius 3 is 1.24 bits per heavy atom. The molecule has 0 saturated heterocycles. The van der Waals surface area contributed by atoms with Crippen LogP contribution in [0.5, 0.6) is 0 Å². The number of rotatable bonds is 2. The molecule has 0 aliphatic heterocycles. The van der Waals surface area contributed by atoms with Gasteiger partial charge in [0.25, 0.3) is 0 Å². The van der Waals surface area contributed by atoms with Crippen LogP contribution in [0.1, 0.15) is 18.6 Å². The van der Waals surface area contributed by atoms with E-state index in [1.165, 1.54) is 22.5 Å². The van der Waals surface area contributed by atoms with Crippen molar-refractivity contribution >= 4 is 11.4 Å². The van der Waals surface area contributed by atoms with Gasteiger partial charge in [0.2, 0.25) is 0 Å². The van der Waals surface area contributed by atoms with Crippen LogP contribution >= 0.6 is 0 Å². The summed E-state index contributed by atoms with van der Waals surface area (Å²) in [6.07, 6.45) is 0. The van der Waals surface area contributed by atoms with Crippen molar-refractivity contribution < 1.29 is 0 Å². The van der Waals surface area contributed by atoms with E-state index in [4.69, 9.17) is 0 Å². The first-order valence-corrected chi connectivity index (χ1v) is 5.54. The molecular weight excluding hydrogens is 206 g/mol. The van der Waals surface area contributed by atoms with Crippen LogP contribution in [-0.4, -0.2) is 7.05 Å². The van der Waals surface area contributed by atoms with Crippen molar-refractivity contribution in [2.45, 2.75) is 21.3 Å². The Kier molecular flexibility index (Phi) is 4.33. The van der Waals surface area contributed by atoms with Gasteiger partial charge in [-0.2, -0.15) is 0 Å². The molecule has 1 heteroatoms. The molecule has 0 radical (unpaired) electrons. The summed E-state index contributed by atoms with van der Waals surface area (Å²) in [7, 11) is 2.09. The first kappa shape index (κ1) is 13.3. The largest absolute Gasteiger partial charge is 0.345 e. The molecule has 1 nitrogen and oxygen atoms in total. The van der Waals surface area contributed by atoms with Gasteiger partial charge < -0.3 is 4.90 Å². The van der Waals surface area contributed by atoms with Crippen LogP contribution < -0.4 is 4.90 Å². The van der Waals surface area contributed by atoms with Gasteiger partial charge in [-0.1, -0.05) is 42.8 Å². The fourth-order valence-electron chi connectivity index (χ4n) is 1.69. The zero-order valence-corrected chi connectivity index (χ0v) is 10.1. The highest BCUT2D eigenvalue weighted by Crippen LogP contribution is 2.23. The number of aryl methyl sites for hydroxylation is 2. The van der Waals surface area contributed by atoms with Crippen LogP contribution in [0.25, 0.3) is 0 Å². The monoisotopic (exact) mass is 227 g/mol. The second-order valence-corrected chi connectivity index (χ2v) is 4.23. The highest BCUT2D eigenvalue weighted by molar-refractivity contribution is 5.62. The van der Waals surface area contributed by atoms with Gasteiger partial charge in [0, 0.05) is 18.4 Å². The predicted molar refractivity (Wildman–Crippen MR) is 77.2 cm³/mol. The quantitative estimate of drug-likeness (QED) is 0.718. The minimum atomic E-state index is 0. The Bertz CT molecular complexity index is 408. The van der Waals surface area contributed by atoms with Crippen molar-refractivity contribution in [2.75, 3.05) is 11.9 Å². The summed E-state index contributed by atoms with van der Waals surface area (Å²) in [6, 6.07) is 17.1. The van der Waals surface area contributed by atoms with Crippen LogP contribution in [0, 0.1) is 13.8 Å². The Balaban J connectivity index is 0.00000144. The van der Waals surface area contributed by atoms with E-state index in [9.17, 15) is 0 Å². The normalized spacial score (nSPS) is 9.59. The highest BCUT2D eigenvalue weighted by Gasteiger charge is 2.02. The molecule has 0 spiro atoms. The van der Waals surface area contributed by atoms with Gasteiger partial charge in [0.05, 0.1) is 0 Å². The van der Waals surface area contributed by atoms with Gasteiger partial charge in [0.1, 0.15) is 0 Å². The smallest absolute Gasteiger partial charge is 0.0408 e. The van der Waals surface area contributed by atoms with E-state index >= 15 is 0 Å². The minimum absolute atomic E-state index is 0. The lowest BCUT2D eigenvalue weighted by Gasteiger charge is -2.19. The molecule has 0 bridgehead atoms. The zero-order valence-electron chi connectivity index (χ0n) is 10.1. The third-order valence-corrected chi connectivity index (χ3v) is 2.84. The molecule has 2 rings (SSSR count). The number of hydrogen-bond acceptors (Lipinski definition) is 1. The lowest BCUT2D eigenvalue weighted by molar-refractivity contribution is 1.20. The summed E-state index contributed by atoms with van der Waals surface area (Å²) < 4.78 is 0. The van der Waals surface area contributed by atoms with E-state index in [2.05, 4.69) is 74.3 Å². The number of benzene rings is 2. The lowest BCUT2D eigenvalue weighted by atomic mass is 10.2. The Morgan fingerprint density at radius 1 is 0.647 bits per heavy atom. The summed E-state index contributed by atoms with van der Waals surface area (Å²) >= 11 is 0. The van der Waals surface area contributed by atoms with Crippen LogP contribution in [0.2, 0.25) is 0 Å². The fraction of sp³-hybridized carbons (Fsp3) is 0.250. The lowest BCUT2D eigenvalue weighted by Crippen LogP contribution is -2.08. The zero-order chi connectivity index (χ0) is 11.5. The van der Waals surface area contributed by atoms with Crippen molar-refractivity contribution in [3.8, 4) is 0 Å². The SMILES string of the molecule is C.Cc1ccc(N(C)c2ccc(C)cc2)cc1. The molecule has 0 N–H and O–H groups in total. The number of hydrogen-bond donors (Lipinski definition) is 0. The predicted octanol–water partition coefficient (Wildman–Crippen LogP) is 4.71. The van der Waals surface area contributed by atoms with Crippen LogP contribution in [0.15, 0.2) is 48.5 Å². The van der Waals surface area contributed by atoms with Crippen molar-refractivity contribution in [1.82, 2.24) is 0 Å². The molecule has 0 aliphatic rings. The third-order valence-electron chi connectivity index (χ3n) is 2.84.